The average molecular weight is 345 g/mol. The van der Waals surface area contributed by atoms with Crippen molar-refractivity contribution < 1.29 is 0 Å². The number of para-hydroxylation sites is 2. The molecule has 5 aromatic rings. The van der Waals surface area contributed by atoms with Crippen molar-refractivity contribution in [3.8, 4) is 0 Å². The van der Waals surface area contributed by atoms with E-state index in [1.165, 1.54) is 38.6 Å². The fraction of sp³-hybridized carbons (Fsp3) is 0. The Labute approximate surface area is 158 Å². The topological polar surface area (TPSA) is 4.93 Å². The summed E-state index contributed by atoms with van der Waals surface area (Å²) in [4.78, 5) is 0. The van der Waals surface area contributed by atoms with E-state index in [4.69, 9.17) is 0 Å². The summed E-state index contributed by atoms with van der Waals surface area (Å²) >= 11 is 0. The number of fused-ring (bicyclic) bond motifs is 3. The molecule has 0 saturated heterocycles. The van der Waals surface area contributed by atoms with Gasteiger partial charge in [-0.3, -0.25) is 0 Å². The highest BCUT2D eigenvalue weighted by atomic mass is 15.0. The Morgan fingerprint density at radius 2 is 1.00 bits per heavy atom. The maximum atomic E-state index is 2.38. The monoisotopic (exact) mass is 345 g/mol. The van der Waals surface area contributed by atoms with Crippen LogP contribution in [0.1, 0.15) is 11.1 Å². The number of hydrogen-bond donors (Lipinski definition) is 0. The maximum Gasteiger partial charge on any atom is 0.0541 e. The summed E-state index contributed by atoms with van der Waals surface area (Å²) < 4.78 is 2.38. The maximum absolute atomic E-state index is 2.38. The molecule has 1 aromatic heterocycles. The fourth-order valence-electron chi connectivity index (χ4n) is 3.78. The number of hydrogen-bond acceptors (Lipinski definition) is 0. The van der Waals surface area contributed by atoms with E-state index in [1.807, 2.05) is 0 Å². The first kappa shape index (κ1) is 15.7. The second-order valence-electron chi connectivity index (χ2n) is 6.68. The molecule has 0 spiro atoms. The van der Waals surface area contributed by atoms with Crippen LogP contribution in [0.5, 0.6) is 0 Å². The molecule has 27 heavy (non-hydrogen) atoms. The summed E-state index contributed by atoms with van der Waals surface area (Å²) in [5.74, 6) is 0. The van der Waals surface area contributed by atoms with E-state index in [9.17, 15) is 0 Å². The van der Waals surface area contributed by atoms with Crippen LogP contribution >= 0.6 is 0 Å². The fourth-order valence-corrected chi connectivity index (χ4v) is 3.78. The molecule has 0 aliphatic heterocycles. The van der Waals surface area contributed by atoms with Crippen LogP contribution in [0.15, 0.2) is 109 Å². The number of rotatable bonds is 3. The molecule has 0 amide bonds. The SMILES string of the molecule is C(=C(/c1ccccc1)n1c2ccccc2c2ccccc21)/c1ccccc1. The van der Waals surface area contributed by atoms with Crippen molar-refractivity contribution in [2.24, 2.45) is 0 Å². The van der Waals surface area contributed by atoms with E-state index in [0.29, 0.717) is 0 Å². The second kappa shape index (κ2) is 6.62. The van der Waals surface area contributed by atoms with Crippen LogP contribution in [0, 0.1) is 0 Å². The molecular formula is C26H19N. The molecule has 0 aliphatic carbocycles. The molecule has 0 atom stereocenters. The molecule has 0 fully saturated rings. The van der Waals surface area contributed by atoms with E-state index in [0.717, 1.165) is 0 Å². The van der Waals surface area contributed by atoms with Crippen LogP contribution < -0.4 is 0 Å². The van der Waals surface area contributed by atoms with Gasteiger partial charge in [0.2, 0.25) is 0 Å². The third-order valence-electron chi connectivity index (χ3n) is 4.99. The molecular weight excluding hydrogens is 326 g/mol. The van der Waals surface area contributed by atoms with Gasteiger partial charge in [-0.05, 0) is 29.3 Å². The van der Waals surface area contributed by atoms with Crippen LogP contribution in [0.2, 0.25) is 0 Å². The Morgan fingerprint density at radius 3 is 1.59 bits per heavy atom. The first-order chi connectivity index (χ1) is 13.4. The van der Waals surface area contributed by atoms with Gasteiger partial charge < -0.3 is 4.57 Å². The number of benzene rings is 4. The minimum Gasteiger partial charge on any atom is -0.309 e. The van der Waals surface area contributed by atoms with Crippen LogP contribution in [0.3, 0.4) is 0 Å². The Balaban J connectivity index is 1.89. The second-order valence-corrected chi connectivity index (χ2v) is 6.68. The summed E-state index contributed by atoms with van der Waals surface area (Å²) in [7, 11) is 0. The third-order valence-corrected chi connectivity index (χ3v) is 4.99. The predicted molar refractivity (Wildman–Crippen MR) is 116 cm³/mol. The zero-order valence-corrected chi connectivity index (χ0v) is 14.9. The number of nitrogens with zero attached hydrogens (tertiary/aromatic N) is 1. The number of aromatic nitrogens is 1. The Morgan fingerprint density at radius 1 is 0.519 bits per heavy atom. The van der Waals surface area contributed by atoms with Gasteiger partial charge in [0.25, 0.3) is 0 Å². The Hall–Kier alpha value is -3.58. The molecule has 1 heteroatoms. The molecule has 0 radical (unpaired) electrons. The zero-order chi connectivity index (χ0) is 18.1. The van der Waals surface area contributed by atoms with Gasteiger partial charge in [-0.25, -0.2) is 0 Å². The van der Waals surface area contributed by atoms with Crippen molar-refractivity contribution in [1.29, 1.82) is 0 Å². The predicted octanol–water partition coefficient (Wildman–Crippen LogP) is 6.84. The van der Waals surface area contributed by atoms with Crippen molar-refractivity contribution in [2.45, 2.75) is 0 Å². The van der Waals surface area contributed by atoms with Gasteiger partial charge >= 0.3 is 0 Å². The highest BCUT2D eigenvalue weighted by Crippen LogP contribution is 2.34. The van der Waals surface area contributed by atoms with Crippen molar-refractivity contribution in [3.05, 3.63) is 120 Å². The summed E-state index contributed by atoms with van der Waals surface area (Å²) in [5.41, 5.74) is 6.03. The summed E-state index contributed by atoms with van der Waals surface area (Å²) in [6.07, 6.45) is 2.27. The lowest BCUT2D eigenvalue weighted by atomic mass is 10.1. The van der Waals surface area contributed by atoms with E-state index >= 15 is 0 Å². The van der Waals surface area contributed by atoms with Gasteiger partial charge in [0.15, 0.2) is 0 Å². The van der Waals surface area contributed by atoms with Crippen LogP contribution in [0.4, 0.5) is 0 Å². The van der Waals surface area contributed by atoms with Gasteiger partial charge in [0, 0.05) is 10.8 Å². The molecule has 5 rings (SSSR count). The van der Waals surface area contributed by atoms with Crippen LogP contribution in [-0.2, 0) is 0 Å². The molecule has 128 valence electrons. The highest BCUT2D eigenvalue weighted by Gasteiger charge is 2.14. The van der Waals surface area contributed by atoms with Gasteiger partial charge in [-0.1, -0.05) is 97.1 Å². The summed E-state index contributed by atoms with van der Waals surface area (Å²) in [5, 5.41) is 2.56. The van der Waals surface area contributed by atoms with Crippen LogP contribution in [-0.4, -0.2) is 4.57 Å². The average Bonchev–Trinajstić information content (AvgIpc) is 3.08. The lowest BCUT2D eigenvalue weighted by Crippen LogP contribution is -1.99. The highest BCUT2D eigenvalue weighted by molar-refractivity contribution is 6.11. The molecule has 0 bridgehead atoms. The largest absolute Gasteiger partial charge is 0.309 e. The third kappa shape index (κ3) is 2.74. The first-order valence-electron chi connectivity index (χ1n) is 9.22. The van der Waals surface area contributed by atoms with E-state index < -0.39 is 0 Å². The first-order valence-corrected chi connectivity index (χ1v) is 9.22. The van der Waals surface area contributed by atoms with E-state index in [2.05, 4.69) is 120 Å². The van der Waals surface area contributed by atoms with Crippen molar-refractivity contribution in [2.75, 3.05) is 0 Å². The summed E-state index contributed by atoms with van der Waals surface area (Å²) in [6.45, 7) is 0. The van der Waals surface area contributed by atoms with Gasteiger partial charge in [0.05, 0.1) is 16.7 Å². The van der Waals surface area contributed by atoms with E-state index in [1.54, 1.807) is 0 Å². The lowest BCUT2D eigenvalue weighted by molar-refractivity contribution is 1.22. The van der Waals surface area contributed by atoms with Gasteiger partial charge in [-0.15, -0.1) is 0 Å². The summed E-state index contributed by atoms with van der Waals surface area (Å²) in [6, 6.07) is 38.4. The molecule has 4 aromatic carbocycles. The molecule has 0 unspecified atom stereocenters. The molecule has 0 N–H and O–H groups in total. The van der Waals surface area contributed by atoms with Crippen molar-refractivity contribution >= 4 is 33.6 Å². The Kier molecular flexibility index (Phi) is 3.84. The minimum absolute atomic E-state index is 1.18. The lowest BCUT2D eigenvalue weighted by Gasteiger charge is -2.14. The minimum atomic E-state index is 1.18. The standard InChI is InChI=1S/C26H19N/c1-3-11-20(12-4-1)19-26(21-13-5-2-6-14-21)27-24-17-9-7-15-22(24)23-16-8-10-18-25(23)27/h1-19H/b26-19+. The smallest absolute Gasteiger partial charge is 0.0541 e. The molecule has 1 heterocycles. The normalized spacial score (nSPS) is 11.9. The zero-order valence-electron chi connectivity index (χ0n) is 14.9. The van der Waals surface area contributed by atoms with Gasteiger partial charge in [-0.2, -0.15) is 0 Å². The molecule has 1 nitrogen and oxygen atoms in total. The Bertz CT molecular complexity index is 1190. The van der Waals surface area contributed by atoms with Crippen molar-refractivity contribution in [3.63, 3.8) is 0 Å². The van der Waals surface area contributed by atoms with E-state index in [-0.39, 0.29) is 0 Å². The molecule has 0 aliphatic rings. The quantitative estimate of drug-likeness (QED) is 0.315. The van der Waals surface area contributed by atoms with Crippen LogP contribution in [0.25, 0.3) is 33.6 Å². The van der Waals surface area contributed by atoms with Gasteiger partial charge in [0.1, 0.15) is 0 Å². The molecule has 0 saturated carbocycles. The van der Waals surface area contributed by atoms with Crippen molar-refractivity contribution in [1.82, 2.24) is 4.57 Å².